The maximum Gasteiger partial charge on any atom is 0.505 e. The fourth-order valence-corrected chi connectivity index (χ4v) is 0.765. The Morgan fingerprint density at radius 1 is 1.23 bits per heavy atom. The molecule has 1 aromatic rings. The van der Waals surface area contributed by atoms with Gasteiger partial charge in [-0.25, -0.2) is 8.96 Å². The number of hydrogen-bond donors (Lipinski definition) is 2. The first kappa shape index (κ1) is 10.1. The molecule has 1 aromatic carbocycles. The van der Waals surface area contributed by atoms with Gasteiger partial charge in [-0.3, -0.25) is 0 Å². The minimum atomic E-state index is -4.66. The highest BCUT2D eigenvalue weighted by molar-refractivity contribution is 7.46. The van der Waals surface area contributed by atoms with Gasteiger partial charge in [0.25, 0.3) is 0 Å². The molecule has 0 heterocycles. The average Bonchev–Trinajstić information content (AvgIpc) is 2.02. The van der Waals surface area contributed by atoms with E-state index in [-0.39, 0.29) is 5.75 Å². The van der Waals surface area contributed by atoms with Crippen molar-refractivity contribution in [3.8, 4) is 5.75 Å². The number of hydrogen-bond acceptors (Lipinski definition) is 3. The van der Waals surface area contributed by atoms with E-state index >= 15 is 0 Å². The van der Waals surface area contributed by atoms with E-state index in [2.05, 4.69) is 9.56 Å². The number of benzene rings is 1. The van der Waals surface area contributed by atoms with Crippen molar-refractivity contribution in [2.75, 3.05) is 0 Å². The Morgan fingerprint density at radius 3 is 2.23 bits per heavy atom. The van der Waals surface area contributed by atoms with Crippen molar-refractivity contribution in [2.45, 2.75) is 0 Å². The smallest absolute Gasteiger partial charge is 0.327 e. The van der Waals surface area contributed by atoms with Crippen LogP contribution in [-0.4, -0.2) is 9.79 Å². The van der Waals surface area contributed by atoms with Crippen molar-refractivity contribution in [3.63, 3.8) is 0 Å². The molecule has 5 nitrogen and oxygen atoms in total. The van der Waals surface area contributed by atoms with Crippen LogP contribution >= 0.6 is 7.82 Å². The maximum absolute atomic E-state index is 12.3. The summed E-state index contributed by atoms with van der Waals surface area (Å²) >= 11 is 0. The highest BCUT2D eigenvalue weighted by atomic mass is 31.2. The number of rotatable bonds is 3. The van der Waals surface area contributed by atoms with Gasteiger partial charge in [0.2, 0.25) is 0 Å². The molecule has 0 aliphatic rings. The van der Waals surface area contributed by atoms with Crippen molar-refractivity contribution in [1.82, 2.24) is 0 Å². The van der Waals surface area contributed by atoms with Crippen LogP contribution in [-0.2, 0) is 9.24 Å². The second-order valence-corrected chi connectivity index (χ2v) is 3.23. The number of halogens is 1. The molecule has 0 bridgehead atoms. The molecule has 0 unspecified atom stereocenters. The Labute approximate surface area is 72.9 Å². The van der Waals surface area contributed by atoms with Gasteiger partial charge in [-0.15, -0.1) is 0 Å². The first-order valence-electron chi connectivity index (χ1n) is 3.15. The molecular weight excluding hydrogens is 202 g/mol. The summed E-state index contributed by atoms with van der Waals surface area (Å²) in [6.07, 6.45) is 0. The quantitative estimate of drug-likeness (QED) is 0.443. The normalized spacial score (nSPS) is 11.3. The lowest BCUT2D eigenvalue weighted by Gasteiger charge is -2.04. The van der Waals surface area contributed by atoms with Crippen molar-refractivity contribution >= 4 is 7.82 Å². The maximum atomic E-state index is 12.3. The minimum Gasteiger partial charge on any atom is -0.327 e. The van der Waals surface area contributed by atoms with Crippen LogP contribution < -0.4 is 4.89 Å². The molecule has 0 amide bonds. The van der Waals surface area contributed by atoms with E-state index in [0.717, 1.165) is 12.1 Å². The van der Waals surface area contributed by atoms with Gasteiger partial charge in [0.15, 0.2) is 5.75 Å². The molecule has 72 valence electrons. The molecular formula is C6H6FO5P. The summed E-state index contributed by atoms with van der Waals surface area (Å²) in [7, 11) is -4.66. The fraction of sp³-hybridized carbons (Fsp3) is 0. The van der Waals surface area contributed by atoms with Crippen molar-refractivity contribution in [2.24, 2.45) is 0 Å². The van der Waals surface area contributed by atoms with Crippen LogP contribution in [0.25, 0.3) is 0 Å². The third-order valence-corrected chi connectivity index (χ3v) is 1.31. The molecule has 0 fully saturated rings. The summed E-state index contributed by atoms with van der Waals surface area (Å²) in [5.41, 5.74) is 0. The lowest BCUT2D eigenvalue weighted by Crippen LogP contribution is -1.94. The van der Waals surface area contributed by atoms with Crippen molar-refractivity contribution in [3.05, 3.63) is 30.1 Å². The van der Waals surface area contributed by atoms with Gasteiger partial charge in [0.1, 0.15) is 5.82 Å². The second kappa shape index (κ2) is 3.85. The molecule has 0 radical (unpaired) electrons. The zero-order chi connectivity index (χ0) is 9.90. The van der Waals surface area contributed by atoms with E-state index in [1.165, 1.54) is 12.1 Å². The molecule has 0 aliphatic carbocycles. The fourth-order valence-electron chi connectivity index (χ4n) is 0.582. The Hall–Kier alpha value is -0.940. The SMILES string of the molecule is O=P(O)(O)OOc1ccc(F)cc1. The van der Waals surface area contributed by atoms with Crippen LogP contribution in [0.15, 0.2) is 24.3 Å². The Morgan fingerprint density at radius 2 is 1.77 bits per heavy atom. The van der Waals surface area contributed by atoms with E-state index < -0.39 is 13.6 Å². The average molecular weight is 208 g/mol. The van der Waals surface area contributed by atoms with Gasteiger partial charge in [0, 0.05) is 0 Å². The molecule has 0 aromatic heterocycles. The minimum absolute atomic E-state index is 0.00438. The highest BCUT2D eigenvalue weighted by Crippen LogP contribution is 2.36. The predicted molar refractivity (Wildman–Crippen MR) is 40.2 cm³/mol. The third-order valence-electron chi connectivity index (χ3n) is 1.04. The van der Waals surface area contributed by atoms with Gasteiger partial charge in [-0.2, -0.15) is 0 Å². The van der Waals surface area contributed by atoms with Gasteiger partial charge in [-0.05, 0) is 24.3 Å². The van der Waals surface area contributed by atoms with Gasteiger partial charge in [-0.1, -0.05) is 4.67 Å². The summed E-state index contributed by atoms with van der Waals surface area (Å²) in [4.78, 5) is 20.6. The summed E-state index contributed by atoms with van der Waals surface area (Å²) in [5.74, 6) is -0.478. The monoisotopic (exact) mass is 208 g/mol. The number of phosphoric acid groups is 1. The molecule has 0 atom stereocenters. The van der Waals surface area contributed by atoms with Crippen LogP contribution in [0, 0.1) is 5.82 Å². The first-order valence-corrected chi connectivity index (χ1v) is 4.68. The zero-order valence-corrected chi connectivity index (χ0v) is 7.15. The largest absolute Gasteiger partial charge is 0.505 e. The second-order valence-electron chi connectivity index (χ2n) is 2.10. The molecule has 0 spiro atoms. The van der Waals surface area contributed by atoms with Gasteiger partial charge < -0.3 is 14.7 Å². The van der Waals surface area contributed by atoms with Crippen molar-refractivity contribution < 1.29 is 28.3 Å². The van der Waals surface area contributed by atoms with E-state index in [1.807, 2.05) is 0 Å². The molecule has 0 saturated carbocycles. The molecule has 7 heteroatoms. The van der Waals surface area contributed by atoms with Gasteiger partial charge in [0.05, 0.1) is 0 Å². The summed E-state index contributed by atoms with van der Waals surface area (Å²) in [6.45, 7) is 0. The predicted octanol–water partition coefficient (Wildman–Crippen LogP) is 1.23. The summed E-state index contributed by atoms with van der Waals surface area (Å²) in [6, 6.07) is 4.48. The third kappa shape index (κ3) is 4.00. The Bertz CT molecular complexity index is 318. The van der Waals surface area contributed by atoms with Crippen LogP contribution in [0.2, 0.25) is 0 Å². The molecule has 1 rings (SSSR count). The first-order chi connectivity index (χ1) is 5.97. The standard InChI is InChI=1S/C6H6FO5P/c7-5-1-3-6(4-2-5)11-12-13(8,9)10/h1-4H,(H2,8,9,10). The van der Waals surface area contributed by atoms with Crippen LogP contribution in [0.5, 0.6) is 5.75 Å². The zero-order valence-electron chi connectivity index (χ0n) is 6.25. The van der Waals surface area contributed by atoms with E-state index in [9.17, 15) is 8.96 Å². The lowest BCUT2D eigenvalue weighted by molar-refractivity contribution is -0.122. The van der Waals surface area contributed by atoms with Crippen LogP contribution in [0.3, 0.4) is 0 Å². The molecule has 2 N–H and O–H groups in total. The highest BCUT2D eigenvalue weighted by Gasteiger charge is 2.16. The van der Waals surface area contributed by atoms with Crippen LogP contribution in [0.4, 0.5) is 4.39 Å². The Kier molecular flexibility index (Phi) is 3.00. The van der Waals surface area contributed by atoms with E-state index in [4.69, 9.17) is 9.79 Å². The van der Waals surface area contributed by atoms with E-state index in [1.54, 1.807) is 0 Å². The Balaban J connectivity index is 2.56. The lowest BCUT2D eigenvalue weighted by atomic mass is 10.3. The van der Waals surface area contributed by atoms with E-state index in [0.29, 0.717) is 0 Å². The topological polar surface area (TPSA) is 76.0 Å². The molecule has 0 saturated heterocycles. The van der Waals surface area contributed by atoms with Crippen LogP contribution in [0.1, 0.15) is 0 Å². The molecule has 13 heavy (non-hydrogen) atoms. The summed E-state index contributed by atoms with van der Waals surface area (Å²) < 4.78 is 26.2. The molecule has 0 aliphatic heterocycles. The summed E-state index contributed by atoms with van der Waals surface area (Å²) in [5, 5.41) is 0. The van der Waals surface area contributed by atoms with Crippen molar-refractivity contribution in [1.29, 1.82) is 0 Å². The van der Waals surface area contributed by atoms with Gasteiger partial charge >= 0.3 is 7.82 Å².